The topological polar surface area (TPSA) is 127 Å². The lowest BCUT2D eigenvalue weighted by Crippen LogP contribution is -2.20. The maximum Gasteiger partial charge on any atom is 0.337 e. The van der Waals surface area contributed by atoms with Gasteiger partial charge in [0.25, 0.3) is 11.8 Å². The molecule has 2 N–H and O–H groups in total. The molecular weight excluding hydrogens is 462 g/mol. The van der Waals surface area contributed by atoms with Crippen LogP contribution in [0, 0.1) is 11.3 Å². The normalized spacial score (nSPS) is 10.5. The van der Waals surface area contributed by atoms with Gasteiger partial charge in [-0.2, -0.15) is 5.26 Å². The number of nitrogens with one attached hydrogen (secondary N) is 2. The summed E-state index contributed by atoms with van der Waals surface area (Å²) >= 11 is 0. The third kappa shape index (κ3) is 6.95. The fourth-order valence-corrected chi connectivity index (χ4v) is 3.06. The van der Waals surface area contributed by atoms with Gasteiger partial charge in [-0.15, -0.1) is 0 Å². The van der Waals surface area contributed by atoms with Crippen LogP contribution in [0.15, 0.2) is 78.4 Å². The molecule has 2 amide bonds. The van der Waals surface area contributed by atoms with E-state index in [1.165, 1.54) is 44.6 Å². The Morgan fingerprint density at radius 3 is 2.25 bits per heavy atom. The van der Waals surface area contributed by atoms with Crippen LogP contribution in [0.3, 0.4) is 0 Å². The van der Waals surface area contributed by atoms with Gasteiger partial charge in [-0.3, -0.25) is 9.59 Å². The number of nitriles is 1. The molecule has 0 spiro atoms. The Bertz CT molecular complexity index is 1310. The number of rotatable bonds is 9. The molecule has 0 aliphatic rings. The van der Waals surface area contributed by atoms with E-state index in [2.05, 4.69) is 15.4 Å². The molecule has 0 bridgehead atoms. The highest BCUT2D eigenvalue weighted by molar-refractivity contribution is 6.09. The number of anilines is 2. The van der Waals surface area contributed by atoms with Crippen LogP contribution in [0.1, 0.15) is 15.9 Å². The highest BCUT2D eigenvalue weighted by Crippen LogP contribution is 2.23. The first kappa shape index (κ1) is 25.5. The van der Waals surface area contributed by atoms with Crippen molar-refractivity contribution in [2.24, 2.45) is 0 Å². The van der Waals surface area contributed by atoms with Gasteiger partial charge in [-0.1, -0.05) is 24.3 Å². The van der Waals surface area contributed by atoms with Crippen molar-refractivity contribution < 1.29 is 28.6 Å². The smallest absolute Gasteiger partial charge is 0.337 e. The largest absolute Gasteiger partial charge is 0.495 e. The number of carbonyl (C=O) groups excluding carboxylic acids is 3. The predicted octanol–water partition coefficient (Wildman–Crippen LogP) is 4.04. The van der Waals surface area contributed by atoms with Gasteiger partial charge in [0.05, 0.1) is 25.5 Å². The molecule has 0 unspecified atom stereocenters. The molecule has 9 heteroatoms. The molecule has 182 valence electrons. The van der Waals surface area contributed by atoms with Crippen molar-refractivity contribution in [3.8, 4) is 17.6 Å². The average molecular weight is 485 g/mol. The molecule has 0 aliphatic carbocycles. The molecule has 36 heavy (non-hydrogen) atoms. The zero-order chi connectivity index (χ0) is 25.9. The van der Waals surface area contributed by atoms with E-state index >= 15 is 0 Å². The molecule has 0 aliphatic heterocycles. The number of nitrogens with zero attached hydrogens (tertiary/aromatic N) is 1. The number of amides is 2. The molecule has 0 heterocycles. The summed E-state index contributed by atoms with van der Waals surface area (Å²) in [4.78, 5) is 36.2. The Kier molecular flexibility index (Phi) is 8.78. The van der Waals surface area contributed by atoms with E-state index in [0.29, 0.717) is 34.0 Å². The van der Waals surface area contributed by atoms with E-state index in [1.54, 1.807) is 48.5 Å². The van der Waals surface area contributed by atoms with E-state index in [0.717, 1.165) is 0 Å². The summed E-state index contributed by atoms with van der Waals surface area (Å²) in [5.41, 5.74) is 1.77. The van der Waals surface area contributed by atoms with Crippen molar-refractivity contribution in [1.29, 1.82) is 5.26 Å². The fourth-order valence-electron chi connectivity index (χ4n) is 3.06. The first-order valence-corrected chi connectivity index (χ1v) is 10.7. The Balaban J connectivity index is 1.57. The summed E-state index contributed by atoms with van der Waals surface area (Å²) < 4.78 is 15.3. The molecule has 0 aromatic heterocycles. The summed E-state index contributed by atoms with van der Waals surface area (Å²) in [5, 5.41) is 14.8. The van der Waals surface area contributed by atoms with E-state index in [-0.39, 0.29) is 18.1 Å². The van der Waals surface area contributed by atoms with Crippen LogP contribution in [0.4, 0.5) is 11.4 Å². The number of ether oxygens (including phenoxy) is 3. The van der Waals surface area contributed by atoms with Crippen molar-refractivity contribution in [3.05, 3.63) is 89.5 Å². The minimum Gasteiger partial charge on any atom is -0.495 e. The molecule has 0 saturated heterocycles. The summed E-state index contributed by atoms with van der Waals surface area (Å²) in [6.07, 6.45) is 1.43. The van der Waals surface area contributed by atoms with Gasteiger partial charge < -0.3 is 24.8 Å². The second-order valence-corrected chi connectivity index (χ2v) is 7.30. The third-order valence-corrected chi connectivity index (χ3v) is 4.87. The summed E-state index contributed by atoms with van der Waals surface area (Å²) in [6, 6.07) is 21.6. The van der Waals surface area contributed by atoms with Crippen molar-refractivity contribution in [2.45, 2.75) is 0 Å². The van der Waals surface area contributed by atoms with Crippen molar-refractivity contribution in [2.75, 3.05) is 31.5 Å². The van der Waals surface area contributed by atoms with Gasteiger partial charge in [0.1, 0.15) is 23.1 Å². The second kappa shape index (κ2) is 12.4. The molecular formula is C27H23N3O6. The first-order chi connectivity index (χ1) is 17.4. The van der Waals surface area contributed by atoms with Crippen LogP contribution in [0.2, 0.25) is 0 Å². The molecule has 3 aromatic carbocycles. The van der Waals surface area contributed by atoms with E-state index in [1.807, 2.05) is 6.07 Å². The average Bonchev–Trinajstić information content (AvgIpc) is 2.91. The summed E-state index contributed by atoms with van der Waals surface area (Å²) in [5.74, 6) is -0.466. The molecule has 3 aromatic rings. The minimum atomic E-state index is -0.600. The molecule has 0 saturated carbocycles. The van der Waals surface area contributed by atoms with Crippen molar-refractivity contribution in [1.82, 2.24) is 0 Å². The van der Waals surface area contributed by atoms with Gasteiger partial charge in [-0.05, 0) is 60.2 Å². The van der Waals surface area contributed by atoms with E-state index in [9.17, 15) is 19.6 Å². The van der Waals surface area contributed by atoms with Gasteiger partial charge in [0.2, 0.25) is 0 Å². The monoisotopic (exact) mass is 485 g/mol. The number of methoxy groups -OCH3 is 2. The van der Waals surface area contributed by atoms with E-state index < -0.39 is 11.9 Å². The molecule has 0 fully saturated rings. The quantitative estimate of drug-likeness (QED) is 0.266. The number of para-hydroxylation sites is 2. The maximum absolute atomic E-state index is 12.5. The SMILES string of the molecule is COC(=O)c1ccc(NC(=O)C(C#N)=Cc2ccc(OCC(=O)Nc3ccccc3OC)cc2)cc1. The maximum atomic E-state index is 12.5. The lowest BCUT2D eigenvalue weighted by atomic mass is 10.1. The lowest BCUT2D eigenvalue weighted by molar-refractivity contribution is -0.118. The van der Waals surface area contributed by atoms with Gasteiger partial charge in [0.15, 0.2) is 6.61 Å². The number of hydrogen-bond donors (Lipinski definition) is 2. The number of benzene rings is 3. The Morgan fingerprint density at radius 1 is 0.917 bits per heavy atom. The summed E-state index contributed by atoms with van der Waals surface area (Å²) in [6.45, 7) is -0.214. The standard InChI is InChI=1S/C27H23N3O6/c1-34-24-6-4-3-5-23(24)30-25(31)17-36-22-13-7-18(8-14-22)15-20(16-28)26(32)29-21-11-9-19(10-12-21)27(33)35-2/h3-15H,17H2,1-2H3,(H,29,32)(H,30,31). The second-order valence-electron chi connectivity index (χ2n) is 7.30. The molecule has 9 nitrogen and oxygen atoms in total. The van der Waals surface area contributed by atoms with E-state index in [4.69, 9.17) is 9.47 Å². The van der Waals surface area contributed by atoms with Crippen molar-refractivity contribution >= 4 is 35.2 Å². The van der Waals surface area contributed by atoms with Crippen LogP contribution < -0.4 is 20.1 Å². The fraction of sp³-hybridized carbons (Fsp3) is 0.111. The third-order valence-electron chi connectivity index (χ3n) is 4.87. The zero-order valence-electron chi connectivity index (χ0n) is 19.6. The zero-order valence-corrected chi connectivity index (χ0v) is 19.6. The highest BCUT2D eigenvalue weighted by atomic mass is 16.5. The van der Waals surface area contributed by atoms with Crippen molar-refractivity contribution in [3.63, 3.8) is 0 Å². The Morgan fingerprint density at radius 2 is 1.61 bits per heavy atom. The van der Waals surface area contributed by atoms with Crippen LogP contribution in [-0.4, -0.2) is 38.6 Å². The van der Waals surface area contributed by atoms with Crippen LogP contribution in [-0.2, 0) is 14.3 Å². The minimum absolute atomic E-state index is 0.114. The number of hydrogen-bond acceptors (Lipinski definition) is 7. The summed E-state index contributed by atoms with van der Waals surface area (Å²) in [7, 11) is 2.80. The molecule has 3 rings (SSSR count). The van der Waals surface area contributed by atoms with Gasteiger partial charge in [0, 0.05) is 5.69 Å². The lowest BCUT2D eigenvalue weighted by Gasteiger charge is -2.10. The number of carbonyl (C=O) groups is 3. The van der Waals surface area contributed by atoms with Gasteiger partial charge in [-0.25, -0.2) is 4.79 Å². The first-order valence-electron chi connectivity index (χ1n) is 10.7. The van der Waals surface area contributed by atoms with Gasteiger partial charge >= 0.3 is 5.97 Å². The highest BCUT2D eigenvalue weighted by Gasteiger charge is 2.11. The molecule has 0 atom stereocenters. The Labute approximate surface area is 207 Å². The van der Waals surface area contributed by atoms with Crippen LogP contribution in [0.25, 0.3) is 6.08 Å². The Hall–Kier alpha value is -5.10. The van der Waals surface area contributed by atoms with Crippen LogP contribution in [0.5, 0.6) is 11.5 Å². The van der Waals surface area contributed by atoms with Crippen LogP contribution >= 0.6 is 0 Å². The number of esters is 1. The molecule has 0 radical (unpaired) electrons. The predicted molar refractivity (Wildman–Crippen MR) is 134 cm³/mol.